The summed E-state index contributed by atoms with van der Waals surface area (Å²) in [5.74, 6) is 0. The van der Waals surface area contributed by atoms with E-state index in [9.17, 15) is 9.90 Å². The van der Waals surface area contributed by atoms with Crippen LogP contribution in [-0.4, -0.2) is 34.7 Å². The molecule has 1 aromatic carbocycles. The zero-order chi connectivity index (χ0) is 13.3. The first-order valence-corrected chi connectivity index (χ1v) is 6.36. The smallest absolute Gasteiger partial charge is 0.322 e. The number of likely N-dealkylation sites (tertiary alicyclic amines) is 1. The van der Waals surface area contributed by atoms with Crippen LogP contribution in [0.3, 0.4) is 0 Å². The van der Waals surface area contributed by atoms with Crippen molar-refractivity contribution in [1.29, 1.82) is 0 Å². The largest absolute Gasteiger partial charge is 0.386 e. The number of urea groups is 1. The lowest BCUT2D eigenvalue weighted by Crippen LogP contribution is -2.63. The van der Waals surface area contributed by atoms with Crippen molar-refractivity contribution < 1.29 is 9.90 Å². The van der Waals surface area contributed by atoms with Crippen LogP contribution in [0.4, 0.5) is 10.5 Å². The molecule has 2 amide bonds. The summed E-state index contributed by atoms with van der Waals surface area (Å²) in [7, 11) is 0. The quantitative estimate of drug-likeness (QED) is 0.866. The minimum atomic E-state index is -0.706. The molecule has 1 fully saturated rings. The molecule has 0 aromatic heterocycles. The molecule has 0 aliphatic carbocycles. The van der Waals surface area contributed by atoms with Gasteiger partial charge in [-0.25, -0.2) is 4.79 Å². The maximum Gasteiger partial charge on any atom is 0.322 e. The molecule has 1 aliphatic heterocycles. The van der Waals surface area contributed by atoms with Gasteiger partial charge in [0, 0.05) is 10.7 Å². The van der Waals surface area contributed by atoms with E-state index in [0.717, 1.165) is 5.56 Å². The molecule has 18 heavy (non-hydrogen) atoms. The Labute approximate surface area is 112 Å². The topological polar surface area (TPSA) is 52.6 Å². The second-order valence-electron chi connectivity index (χ2n) is 4.83. The van der Waals surface area contributed by atoms with Crippen LogP contribution < -0.4 is 5.32 Å². The first-order chi connectivity index (χ1) is 8.43. The molecule has 4 nitrogen and oxygen atoms in total. The molecule has 5 heteroatoms. The van der Waals surface area contributed by atoms with E-state index in [1.54, 1.807) is 11.0 Å². The number of carbonyl (C=O) groups excluding carboxylic acids is 1. The second-order valence-corrected chi connectivity index (χ2v) is 5.24. The van der Waals surface area contributed by atoms with Crippen molar-refractivity contribution in [2.75, 3.05) is 18.4 Å². The molecule has 1 heterocycles. The van der Waals surface area contributed by atoms with Gasteiger partial charge < -0.3 is 15.3 Å². The van der Waals surface area contributed by atoms with Gasteiger partial charge in [0.2, 0.25) is 0 Å². The Morgan fingerprint density at radius 3 is 2.78 bits per heavy atom. The summed E-state index contributed by atoms with van der Waals surface area (Å²) >= 11 is 5.99. The lowest BCUT2D eigenvalue weighted by atomic mass is 9.92. The van der Waals surface area contributed by atoms with E-state index >= 15 is 0 Å². The molecule has 0 radical (unpaired) electrons. The van der Waals surface area contributed by atoms with Crippen molar-refractivity contribution >= 4 is 23.3 Å². The molecule has 0 unspecified atom stereocenters. The molecule has 0 atom stereocenters. The van der Waals surface area contributed by atoms with Gasteiger partial charge in [-0.15, -0.1) is 0 Å². The van der Waals surface area contributed by atoms with Gasteiger partial charge in [-0.05, 0) is 31.0 Å². The summed E-state index contributed by atoms with van der Waals surface area (Å²) in [6.45, 7) is 4.59. The number of carbonyl (C=O) groups is 1. The average Bonchev–Trinajstić information content (AvgIpc) is 2.29. The number of amides is 2. The standard InChI is InChI=1S/C13H17ClN2O2/c1-3-13(18)7-16(8-13)12(17)15-10-5-4-9(2)11(14)6-10/h4-6,18H,3,7-8H2,1-2H3,(H,15,17). The Balaban J connectivity index is 1.94. The van der Waals surface area contributed by atoms with Crippen molar-refractivity contribution in [3.8, 4) is 0 Å². The van der Waals surface area contributed by atoms with Crippen LogP contribution in [0.25, 0.3) is 0 Å². The summed E-state index contributed by atoms with van der Waals surface area (Å²) in [5, 5.41) is 13.2. The molecular weight excluding hydrogens is 252 g/mol. The highest BCUT2D eigenvalue weighted by atomic mass is 35.5. The zero-order valence-electron chi connectivity index (χ0n) is 10.5. The number of halogens is 1. The van der Waals surface area contributed by atoms with Crippen LogP contribution in [0, 0.1) is 6.92 Å². The van der Waals surface area contributed by atoms with Crippen LogP contribution in [0.5, 0.6) is 0 Å². The fourth-order valence-corrected chi connectivity index (χ4v) is 2.09. The lowest BCUT2D eigenvalue weighted by molar-refractivity contribution is -0.0755. The van der Waals surface area contributed by atoms with Crippen molar-refractivity contribution in [2.24, 2.45) is 0 Å². The van der Waals surface area contributed by atoms with Crippen molar-refractivity contribution in [2.45, 2.75) is 25.9 Å². The van der Waals surface area contributed by atoms with E-state index in [1.165, 1.54) is 0 Å². The Morgan fingerprint density at radius 2 is 2.22 bits per heavy atom. The number of rotatable bonds is 2. The number of aliphatic hydroxyl groups is 1. The van der Waals surface area contributed by atoms with Gasteiger partial charge in [-0.3, -0.25) is 0 Å². The van der Waals surface area contributed by atoms with Crippen molar-refractivity contribution in [1.82, 2.24) is 4.90 Å². The Hall–Kier alpha value is -1.26. The molecule has 98 valence electrons. The summed E-state index contributed by atoms with van der Waals surface area (Å²) in [4.78, 5) is 13.4. The molecule has 2 rings (SSSR count). The Morgan fingerprint density at radius 1 is 1.56 bits per heavy atom. The number of hydrogen-bond donors (Lipinski definition) is 2. The van der Waals surface area contributed by atoms with Crippen LogP contribution in [-0.2, 0) is 0 Å². The number of nitrogens with zero attached hydrogens (tertiary/aromatic N) is 1. The van der Waals surface area contributed by atoms with Crippen molar-refractivity contribution in [3.05, 3.63) is 28.8 Å². The minimum absolute atomic E-state index is 0.201. The molecular formula is C13H17ClN2O2. The highest BCUT2D eigenvalue weighted by molar-refractivity contribution is 6.31. The van der Waals surface area contributed by atoms with Crippen LogP contribution in [0.2, 0.25) is 5.02 Å². The Bertz CT molecular complexity index is 470. The van der Waals surface area contributed by atoms with Gasteiger partial charge in [0.05, 0.1) is 18.7 Å². The molecule has 1 aromatic rings. The fraction of sp³-hybridized carbons (Fsp3) is 0.462. The van der Waals surface area contributed by atoms with Gasteiger partial charge in [0.25, 0.3) is 0 Å². The summed E-state index contributed by atoms with van der Waals surface area (Å²) in [6.07, 6.45) is 0.660. The summed E-state index contributed by atoms with van der Waals surface area (Å²) in [5.41, 5.74) is 0.934. The number of benzene rings is 1. The Kier molecular flexibility index (Phi) is 3.50. The summed E-state index contributed by atoms with van der Waals surface area (Å²) < 4.78 is 0. The van der Waals surface area contributed by atoms with E-state index in [1.807, 2.05) is 26.0 Å². The average molecular weight is 269 g/mol. The van der Waals surface area contributed by atoms with Crippen LogP contribution in [0.1, 0.15) is 18.9 Å². The van der Waals surface area contributed by atoms with E-state index in [-0.39, 0.29) is 6.03 Å². The van der Waals surface area contributed by atoms with E-state index < -0.39 is 5.60 Å². The second kappa shape index (κ2) is 4.78. The predicted molar refractivity (Wildman–Crippen MR) is 72.0 cm³/mol. The molecule has 2 N–H and O–H groups in total. The third kappa shape index (κ3) is 2.60. The monoisotopic (exact) mass is 268 g/mol. The lowest BCUT2D eigenvalue weighted by Gasteiger charge is -2.45. The molecule has 1 saturated heterocycles. The third-order valence-electron chi connectivity index (χ3n) is 3.34. The van der Waals surface area contributed by atoms with Gasteiger partial charge in [-0.1, -0.05) is 24.6 Å². The molecule has 0 saturated carbocycles. The fourth-order valence-electron chi connectivity index (χ4n) is 1.90. The van der Waals surface area contributed by atoms with Gasteiger partial charge in [0.15, 0.2) is 0 Å². The maximum atomic E-state index is 11.9. The molecule has 0 spiro atoms. The number of hydrogen-bond acceptors (Lipinski definition) is 2. The van der Waals surface area contributed by atoms with Crippen LogP contribution in [0.15, 0.2) is 18.2 Å². The minimum Gasteiger partial charge on any atom is -0.386 e. The predicted octanol–water partition coefficient (Wildman–Crippen LogP) is 2.64. The van der Waals surface area contributed by atoms with E-state index in [2.05, 4.69) is 5.32 Å². The van der Waals surface area contributed by atoms with Gasteiger partial charge in [0.1, 0.15) is 0 Å². The number of β-amino-alcohol motifs (C(OH)–C–C–N with tert-alkyl or cyclic N) is 1. The maximum absolute atomic E-state index is 11.9. The molecule has 0 bridgehead atoms. The first kappa shape index (κ1) is 13.2. The van der Waals surface area contributed by atoms with Crippen molar-refractivity contribution in [3.63, 3.8) is 0 Å². The first-order valence-electron chi connectivity index (χ1n) is 5.98. The highest BCUT2D eigenvalue weighted by Crippen LogP contribution is 2.25. The van der Waals surface area contributed by atoms with Gasteiger partial charge in [-0.2, -0.15) is 0 Å². The normalized spacial score (nSPS) is 17.2. The van der Waals surface area contributed by atoms with E-state index in [0.29, 0.717) is 30.2 Å². The zero-order valence-corrected chi connectivity index (χ0v) is 11.3. The number of aryl methyl sites for hydroxylation is 1. The number of nitrogens with one attached hydrogen (secondary N) is 1. The van der Waals surface area contributed by atoms with Gasteiger partial charge >= 0.3 is 6.03 Å². The molecule has 1 aliphatic rings. The highest BCUT2D eigenvalue weighted by Gasteiger charge is 2.42. The summed E-state index contributed by atoms with van der Waals surface area (Å²) in [6, 6.07) is 5.19. The van der Waals surface area contributed by atoms with Crippen LogP contribution >= 0.6 is 11.6 Å². The number of anilines is 1. The SMILES string of the molecule is CCC1(O)CN(C(=O)Nc2ccc(C)c(Cl)c2)C1. The van der Waals surface area contributed by atoms with E-state index in [4.69, 9.17) is 11.6 Å². The third-order valence-corrected chi connectivity index (χ3v) is 3.75.